The Hall–Kier alpha value is -2.21. The first-order valence-corrected chi connectivity index (χ1v) is 6.99. The summed E-state index contributed by atoms with van der Waals surface area (Å²) in [5.74, 6) is -0.00743. The Labute approximate surface area is 121 Å². The van der Waals surface area contributed by atoms with Crippen LogP contribution in [0.1, 0.15) is 23.3 Å². The van der Waals surface area contributed by atoms with E-state index in [9.17, 15) is 9.18 Å². The van der Waals surface area contributed by atoms with Crippen molar-refractivity contribution in [2.24, 2.45) is 11.7 Å². The smallest absolute Gasteiger partial charge is 0.271 e. The average molecular weight is 288 g/mol. The minimum atomic E-state index is -0.307. The Morgan fingerprint density at radius 3 is 2.76 bits per heavy atom. The highest BCUT2D eigenvalue weighted by Crippen LogP contribution is 2.31. The normalized spacial score (nSPS) is 15.7. The van der Waals surface area contributed by atoms with Gasteiger partial charge in [-0.2, -0.15) is 5.10 Å². The highest BCUT2D eigenvalue weighted by Gasteiger charge is 2.28. The Morgan fingerprint density at radius 1 is 1.38 bits per heavy atom. The molecule has 1 aromatic heterocycles. The lowest BCUT2D eigenvalue weighted by atomic mass is 10.2. The molecule has 1 atom stereocenters. The van der Waals surface area contributed by atoms with Gasteiger partial charge in [0.2, 0.25) is 0 Å². The molecule has 1 unspecified atom stereocenters. The Kier molecular flexibility index (Phi) is 3.70. The van der Waals surface area contributed by atoms with Crippen molar-refractivity contribution in [3.63, 3.8) is 0 Å². The van der Waals surface area contributed by atoms with Gasteiger partial charge >= 0.3 is 0 Å². The maximum Gasteiger partial charge on any atom is 0.271 e. The number of rotatable bonds is 5. The van der Waals surface area contributed by atoms with E-state index in [2.05, 4.69) is 10.4 Å². The van der Waals surface area contributed by atoms with Gasteiger partial charge in [0.15, 0.2) is 5.69 Å². The highest BCUT2D eigenvalue weighted by molar-refractivity contribution is 5.92. The minimum Gasteiger partial charge on any atom is -0.349 e. The summed E-state index contributed by atoms with van der Waals surface area (Å²) >= 11 is 0. The zero-order valence-electron chi connectivity index (χ0n) is 11.5. The van der Waals surface area contributed by atoms with Crippen LogP contribution in [0.3, 0.4) is 0 Å². The molecule has 0 aliphatic heterocycles. The molecular weight excluding hydrogens is 271 g/mol. The summed E-state index contributed by atoms with van der Waals surface area (Å²) in [5, 5.41) is 6.98. The molecule has 6 heteroatoms. The maximum absolute atomic E-state index is 12.9. The molecule has 2 aromatic rings. The summed E-state index contributed by atoms with van der Waals surface area (Å²) in [5.41, 5.74) is 6.96. The van der Waals surface area contributed by atoms with E-state index in [0.29, 0.717) is 23.8 Å². The fraction of sp³-hybridized carbons (Fsp3) is 0.333. The number of hydrogen-bond donors (Lipinski definition) is 2. The van der Waals surface area contributed by atoms with Crippen LogP contribution >= 0.6 is 0 Å². The number of carbonyl (C=O) groups is 1. The zero-order valence-corrected chi connectivity index (χ0v) is 11.5. The van der Waals surface area contributed by atoms with Gasteiger partial charge in [0.25, 0.3) is 5.91 Å². The summed E-state index contributed by atoms with van der Waals surface area (Å²) in [4.78, 5) is 12.0. The summed E-state index contributed by atoms with van der Waals surface area (Å²) in [6.07, 6.45) is 3.97. The van der Waals surface area contributed by atoms with Crippen molar-refractivity contribution in [1.82, 2.24) is 15.1 Å². The third kappa shape index (κ3) is 3.28. The number of nitrogens with zero attached hydrogens (tertiary/aromatic N) is 2. The summed E-state index contributed by atoms with van der Waals surface area (Å²) in [7, 11) is 0. The largest absolute Gasteiger partial charge is 0.349 e. The van der Waals surface area contributed by atoms with Crippen molar-refractivity contribution in [1.29, 1.82) is 0 Å². The molecular formula is C15H17FN4O. The lowest BCUT2D eigenvalue weighted by Gasteiger charge is -2.10. The monoisotopic (exact) mass is 288 g/mol. The fourth-order valence-electron chi connectivity index (χ4n) is 2.17. The topological polar surface area (TPSA) is 72.9 Å². The van der Waals surface area contributed by atoms with Gasteiger partial charge < -0.3 is 11.1 Å². The van der Waals surface area contributed by atoms with E-state index >= 15 is 0 Å². The summed E-state index contributed by atoms with van der Waals surface area (Å²) in [6.45, 7) is 0.465. The molecule has 1 aliphatic rings. The second-order valence-corrected chi connectivity index (χ2v) is 5.33. The predicted octanol–water partition coefficient (Wildman–Crippen LogP) is 1.48. The van der Waals surface area contributed by atoms with E-state index in [1.54, 1.807) is 24.4 Å². The van der Waals surface area contributed by atoms with Crippen molar-refractivity contribution in [3.05, 3.63) is 48.0 Å². The Morgan fingerprint density at radius 2 is 2.10 bits per heavy atom. The van der Waals surface area contributed by atoms with Crippen LogP contribution in [0.25, 0.3) is 5.69 Å². The predicted molar refractivity (Wildman–Crippen MR) is 76.6 cm³/mol. The lowest BCUT2D eigenvalue weighted by molar-refractivity contribution is 0.0945. The van der Waals surface area contributed by atoms with Crippen LogP contribution in [-0.4, -0.2) is 28.3 Å². The first kappa shape index (κ1) is 13.8. The van der Waals surface area contributed by atoms with Gasteiger partial charge in [-0.1, -0.05) is 0 Å². The second kappa shape index (κ2) is 5.65. The van der Waals surface area contributed by atoms with E-state index in [0.717, 1.165) is 12.8 Å². The molecule has 0 saturated heterocycles. The van der Waals surface area contributed by atoms with E-state index < -0.39 is 0 Å². The SMILES string of the molecule is NC(CNC(=O)c1ccn(-c2ccc(F)cc2)n1)C1CC1. The van der Waals surface area contributed by atoms with E-state index in [1.165, 1.54) is 16.8 Å². The molecule has 3 rings (SSSR count). The number of nitrogens with one attached hydrogen (secondary N) is 1. The standard InChI is InChI=1S/C15H17FN4O/c16-11-3-5-12(6-4-11)20-8-7-14(19-20)15(21)18-9-13(17)10-1-2-10/h3-8,10,13H,1-2,9,17H2,(H,18,21). The number of amides is 1. The first-order valence-electron chi connectivity index (χ1n) is 6.99. The van der Waals surface area contributed by atoms with Crippen LogP contribution in [0.2, 0.25) is 0 Å². The van der Waals surface area contributed by atoms with Crippen LogP contribution in [0.5, 0.6) is 0 Å². The number of carbonyl (C=O) groups excluding carboxylic acids is 1. The van der Waals surface area contributed by atoms with Gasteiger partial charge in [-0.15, -0.1) is 0 Å². The van der Waals surface area contributed by atoms with Gasteiger partial charge in [0, 0.05) is 18.8 Å². The Balaban J connectivity index is 1.63. The second-order valence-electron chi connectivity index (χ2n) is 5.33. The van der Waals surface area contributed by atoms with E-state index in [4.69, 9.17) is 5.73 Å². The van der Waals surface area contributed by atoms with Crippen molar-refractivity contribution >= 4 is 5.91 Å². The molecule has 0 radical (unpaired) electrons. The molecule has 5 nitrogen and oxygen atoms in total. The van der Waals surface area contributed by atoms with Gasteiger partial charge in [-0.25, -0.2) is 9.07 Å². The average Bonchev–Trinajstić information content (AvgIpc) is 3.23. The maximum atomic E-state index is 12.9. The highest BCUT2D eigenvalue weighted by atomic mass is 19.1. The summed E-state index contributed by atoms with van der Waals surface area (Å²) in [6, 6.07) is 7.56. The van der Waals surface area contributed by atoms with Crippen molar-refractivity contribution in [3.8, 4) is 5.69 Å². The van der Waals surface area contributed by atoms with Gasteiger partial charge in [-0.05, 0) is 49.1 Å². The first-order chi connectivity index (χ1) is 10.1. The van der Waals surface area contributed by atoms with Crippen LogP contribution in [0.15, 0.2) is 36.5 Å². The molecule has 1 aliphatic carbocycles. The van der Waals surface area contributed by atoms with Crippen molar-refractivity contribution in [2.75, 3.05) is 6.54 Å². The molecule has 1 fully saturated rings. The van der Waals surface area contributed by atoms with Crippen LogP contribution in [0, 0.1) is 11.7 Å². The van der Waals surface area contributed by atoms with Crippen molar-refractivity contribution in [2.45, 2.75) is 18.9 Å². The van der Waals surface area contributed by atoms with Crippen molar-refractivity contribution < 1.29 is 9.18 Å². The minimum absolute atomic E-state index is 0.0214. The van der Waals surface area contributed by atoms with Crippen LogP contribution in [-0.2, 0) is 0 Å². The Bertz CT molecular complexity index is 633. The number of nitrogens with two attached hydrogens (primary N) is 1. The third-order valence-corrected chi connectivity index (χ3v) is 3.64. The van der Waals surface area contributed by atoms with Crippen LogP contribution < -0.4 is 11.1 Å². The molecule has 1 aromatic carbocycles. The molecule has 3 N–H and O–H groups in total. The molecule has 1 heterocycles. The zero-order chi connectivity index (χ0) is 14.8. The lowest BCUT2D eigenvalue weighted by Crippen LogP contribution is -2.38. The quantitative estimate of drug-likeness (QED) is 0.875. The molecule has 110 valence electrons. The molecule has 21 heavy (non-hydrogen) atoms. The number of halogens is 1. The number of hydrogen-bond acceptors (Lipinski definition) is 3. The van der Waals surface area contributed by atoms with E-state index in [-0.39, 0.29) is 17.8 Å². The van der Waals surface area contributed by atoms with Gasteiger partial charge in [0.1, 0.15) is 5.82 Å². The fourth-order valence-corrected chi connectivity index (χ4v) is 2.17. The van der Waals surface area contributed by atoms with Gasteiger partial charge in [0.05, 0.1) is 5.69 Å². The van der Waals surface area contributed by atoms with Crippen LogP contribution in [0.4, 0.5) is 4.39 Å². The van der Waals surface area contributed by atoms with E-state index in [1.807, 2.05) is 0 Å². The summed E-state index contributed by atoms with van der Waals surface area (Å²) < 4.78 is 14.4. The van der Waals surface area contributed by atoms with Gasteiger partial charge in [-0.3, -0.25) is 4.79 Å². The molecule has 0 spiro atoms. The third-order valence-electron chi connectivity index (χ3n) is 3.64. The molecule has 0 bridgehead atoms. The molecule has 1 amide bonds. The molecule has 1 saturated carbocycles. The number of benzene rings is 1. The number of aromatic nitrogens is 2.